The number of unbranched alkanes of at least 4 members (excludes halogenated alkanes) is 1. The van der Waals surface area contributed by atoms with Gasteiger partial charge in [-0.2, -0.15) is 0 Å². The fourth-order valence-electron chi connectivity index (χ4n) is 1.52. The van der Waals surface area contributed by atoms with Crippen molar-refractivity contribution in [3.05, 3.63) is 29.6 Å². The minimum atomic E-state index is 0.297. The molecule has 0 fully saturated rings. The summed E-state index contributed by atoms with van der Waals surface area (Å²) in [6, 6.07) is 4.00. The smallest absolute Gasteiger partial charge is 0.139 e. The predicted molar refractivity (Wildman–Crippen MR) is 67.9 cm³/mol. The molecule has 0 aliphatic heterocycles. The highest BCUT2D eigenvalue weighted by atomic mass is 16.4. The van der Waals surface area contributed by atoms with E-state index in [4.69, 9.17) is 10.9 Å². The van der Waals surface area contributed by atoms with Crippen LogP contribution in [-0.4, -0.2) is 22.6 Å². The molecule has 4 N–H and O–H groups in total. The van der Waals surface area contributed by atoms with Gasteiger partial charge >= 0.3 is 0 Å². The van der Waals surface area contributed by atoms with E-state index in [2.05, 4.69) is 28.4 Å². The lowest BCUT2D eigenvalue weighted by molar-refractivity contribution is 0.316. The summed E-state index contributed by atoms with van der Waals surface area (Å²) in [5.74, 6) is 0.297. The van der Waals surface area contributed by atoms with Crippen LogP contribution in [0.15, 0.2) is 23.5 Å². The average Bonchev–Trinajstić information content (AvgIpc) is 2.35. The molecule has 5 nitrogen and oxygen atoms in total. The second kappa shape index (κ2) is 7.62. The molecule has 0 radical (unpaired) electrons. The Kier molecular flexibility index (Phi) is 6.03. The Morgan fingerprint density at radius 1 is 1.53 bits per heavy atom. The molecule has 5 heteroatoms. The van der Waals surface area contributed by atoms with Crippen molar-refractivity contribution in [1.82, 2.24) is 10.3 Å². The molecule has 1 aromatic rings. The first-order valence-corrected chi connectivity index (χ1v) is 5.81. The van der Waals surface area contributed by atoms with E-state index in [0.717, 1.165) is 31.6 Å². The normalized spacial score (nSPS) is 11.7. The highest BCUT2D eigenvalue weighted by Crippen LogP contribution is 2.02. The van der Waals surface area contributed by atoms with Crippen LogP contribution in [-0.2, 0) is 6.54 Å². The van der Waals surface area contributed by atoms with Gasteiger partial charge < -0.3 is 16.3 Å². The third-order valence-corrected chi connectivity index (χ3v) is 2.58. The van der Waals surface area contributed by atoms with Crippen LogP contribution < -0.4 is 11.1 Å². The fourth-order valence-corrected chi connectivity index (χ4v) is 1.52. The minimum Gasteiger partial charge on any atom is -0.409 e. The number of aryl methyl sites for hydroxylation is 1. The Labute approximate surface area is 102 Å². The first-order valence-electron chi connectivity index (χ1n) is 5.81. The van der Waals surface area contributed by atoms with Crippen molar-refractivity contribution in [3.63, 3.8) is 0 Å². The summed E-state index contributed by atoms with van der Waals surface area (Å²) in [5, 5.41) is 14.6. The van der Waals surface area contributed by atoms with E-state index in [0.29, 0.717) is 12.3 Å². The molecule has 0 aliphatic carbocycles. The van der Waals surface area contributed by atoms with Crippen molar-refractivity contribution in [1.29, 1.82) is 0 Å². The zero-order valence-corrected chi connectivity index (χ0v) is 10.2. The zero-order valence-electron chi connectivity index (χ0n) is 10.2. The number of hydrogen-bond donors (Lipinski definition) is 3. The van der Waals surface area contributed by atoms with Gasteiger partial charge in [-0.15, -0.1) is 0 Å². The minimum absolute atomic E-state index is 0.297. The number of nitrogens with zero attached hydrogens (tertiary/aromatic N) is 2. The summed E-state index contributed by atoms with van der Waals surface area (Å²) in [6.07, 6.45) is 4.37. The summed E-state index contributed by atoms with van der Waals surface area (Å²) in [7, 11) is 0. The van der Waals surface area contributed by atoms with Crippen molar-refractivity contribution in [2.75, 3.05) is 6.54 Å². The van der Waals surface area contributed by atoms with Crippen molar-refractivity contribution in [2.45, 2.75) is 32.7 Å². The highest BCUT2D eigenvalue weighted by Gasteiger charge is 1.98. The number of aromatic nitrogens is 1. The summed E-state index contributed by atoms with van der Waals surface area (Å²) in [5.41, 5.74) is 7.66. The number of rotatable bonds is 7. The monoisotopic (exact) mass is 236 g/mol. The van der Waals surface area contributed by atoms with Gasteiger partial charge in [-0.25, -0.2) is 0 Å². The SMILES string of the molecule is Cc1cccnc1CNCCCC/C(N)=N/O. The Hall–Kier alpha value is -1.62. The van der Waals surface area contributed by atoms with Crippen LogP contribution in [0.25, 0.3) is 0 Å². The van der Waals surface area contributed by atoms with Crippen LogP contribution in [0.4, 0.5) is 0 Å². The molecule has 1 rings (SSSR count). The fraction of sp³-hybridized carbons (Fsp3) is 0.500. The molecule has 0 unspecified atom stereocenters. The largest absolute Gasteiger partial charge is 0.409 e. The van der Waals surface area contributed by atoms with Crippen LogP contribution in [0.1, 0.15) is 30.5 Å². The highest BCUT2D eigenvalue weighted by molar-refractivity contribution is 5.79. The van der Waals surface area contributed by atoms with E-state index >= 15 is 0 Å². The molecule has 1 aromatic heterocycles. The van der Waals surface area contributed by atoms with E-state index in [1.165, 1.54) is 5.56 Å². The number of hydrogen-bond acceptors (Lipinski definition) is 4. The van der Waals surface area contributed by atoms with Crippen LogP contribution in [0.5, 0.6) is 0 Å². The first kappa shape index (κ1) is 13.4. The van der Waals surface area contributed by atoms with E-state index in [1.807, 2.05) is 12.3 Å². The Bertz CT molecular complexity index is 365. The van der Waals surface area contributed by atoms with Gasteiger partial charge in [0.1, 0.15) is 5.84 Å². The van der Waals surface area contributed by atoms with Gasteiger partial charge in [-0.05, 0) is 37.9 Å². The number of amidine groups is 1. The van der Waals surface area contributed by atoms with E-state index < -0.39 is 0 Å². The Balaban J connectivity index is 2.11. The first-order chi connectivity index (χ1) is 8.24. The van der Waals surface area contributed by atoms with Crippen LogP contribution in [0.2, 0.25) is 0 Å². The van der Waals surface area contributed by atoms with Gasteiger partial charge in [0.15, 0.2) is 0 Å². The predicted octanol–water partition coefficient (Wildman–Crippen LogP) is 1.40. The van der Waals surface area contributed by atoms with Gasteiger partial charge in [-0.3, -0.25) is 4.98 Å². The lowest BCUT2D eigenvalue weighted by Gasteiger charge is -2.06. The zero-order chi connectivity index (χ0) is 12.5. The topological polar surface area (TPSA) is 83.5 Å². The number of nitrogens with two attached hydrogens (primary N) is 1. The van der Waals surface area contributed by atoms with E-state index in [-0.39, 0.29) is 0 Å². The lowest BCUT2D eigenvalue weighted by Crippen LogP contribution is -2.17. The van der Waals surface area contributed by atoms with Gasteiger partial charge in [0, 0.05) is 19.2 Å². The summed E-state index contributed by atoms with van der Waals surface area (Å²) >= 11 is 0. The number of oxime groups is 1. The lowest BCUT2D eigenvalue weighted by atomic mass is 10.2. The van der Waals surface area contributed by atoms with Crippen molar-refractivity contribution >= 4 is 5.84 Å². The van der Waals surface area contributed by atoms with E-state index in [9.17, 15) is 0 Å². The standard InChI is InChI=1S/C12H20N4O/c1-10-5-4-8-15-11(10)9-14-7-3-2-6-12(13)16-17/h4-5,8,14,17H,2-3,6-7,9H2,1H3,(H2,13,16). The molecule has 0 atom stereocenters. The third-order valence-electron chi connectivity index (χ3n) is 2.58. The molecule has 1 heterocycles. The molecule has 0 saturated heterocycles. The second-order valence-corrected chi connectivity index (χ2v) is 3.99. The second-order valence-electron chi connectivity index (χ2n) is 3.99. The molecule has 0 amide bonds. The molecule has 0 saturated carbocycles. The van der Waals surface area contributed by atoms with Crippen molar-refractivity contribution in [3.8, 4) is 0 Å². The van der Waals surface area contributed by atoms with E-state index in [1.54, 1.807) is 0 Å². The molecular formula is C12H20N4O. The molecular weight excluding hydrogens is 216 g/mol. The summed E-state index contributed by atoms with van der Waals surface area (Å²) < 4.78 is 0. The Morgan fingerprint density at radius 3 is 3.06 bits per heavy atom. The van der Waals surface area contributed by atoms with Gasteiger partial charge in [0.2, 0.25) is 0 Å². The van der Waals surface area contributed by atoms with Crippen molar-refractivity contribution in [2.24, 2.45) is 10.9 Å². The maximum Gasteiger partial charge on any atom is 0.139 e. The summed E-state index contributed by atoms with van der Waals surface area (Å²) in [4.78, 5) is 4.30. The van der Waals surface area contributed by atoms with Gasteiger partial charge in [-0.1, -0.05) is 11.2 Å². The molecule has 0 aliphatic rings. The summed E-state index contributed by atoms with van der Waals surface area (Å²) in [6.45, 7) is 3.76. The van der Waals surface area contributed by atoms with Gasteiger partial charge in [0.25, 0.3) is 0 Å². The molecule has 0 spiro atoms. The van der Waals surface area contributed by atoms with Crippen molar-refractivity contribution < 1.29 is 5.21 Å². The molecule has 0 bridgehead atoms. The maximum atomic E-state index is 8.36. The average molecular weight is 236 g/mol. The molecule has 0 aromatic carbocycles. The number of pyridine rings is 1. The van der Waals surface area contributed by atoms with Crippen LogP contribution in [0.3, 0.4) is 0 Å². The van der Waals surface area contributed by atoms with Crippen LogP contribution in [0, 0.1) is 6.92 Å². The quantitative estimate of drug-likeness (QED) is 0.220. The van der Waals surface area contributed by atoms with Gasteiger partial charge in [0.05, 0.1) is 5.69 Å². The molecule has 94 valence electrons. The number of nitrogens with one attached hydrogen (secondary N) is 1. The Morgan fingerprint density at radius 2 is 2.35 bits per heavy atom. The maximum absolute atomic E-state index is 8.36. The third kappa shape index (κ3) is 5.31. The van der Waals surface area contributed by atoms with Crippen LogP contribution >= 0.6 is 0 Å². The molecule has 17 heavy (non-hydrogen) atoms.